The van der Waals surface area contributed by atoms with Crippen molar-refractivity contribution in [2.45, 2.75) is 0 Å². The number of rotatable bonds is 2. The summed E-state index contributed by atoms with van der Waals surface area (Å²) >= 11 is 12.8. The van der Waals surface area contributed by atoms with E-state index in [2.05, 4.69) is 10.6 Å². The zero-order valence-electron chi connectivity index (χ0n) is 15.2. The molecule has 3 aromatic rings. The van der Waals surface area contributed by atoms with E-state index in [4.69, 9.17) is 24.4 Å². The molecule has 4 nitrogen and oxygen atoms in total. The molecule has 3 aromatic carbocycles. The van der Waals surface area contributed by atoms with Crippen molar-refractivity contribution in [1.82, 2.24) is 10.6 Å². The van der Waals surface area contributed by atoms with E-state index in [9.17, 15) is 9.59 Å². The van der Waals surface area contributed by atoms with Gasteiger partial charge in [-0.15, -0.1) is 0 Å². The monoisotopic (exact) mass is 464 g/mol. The van der Waals surface area contributed by atoms with E-state index in [1.807, 2.05) is 60.7 Å². The fraction of sp³-hybridized carbons (Fsp3) is 0. The molecule has 2 saturated heterocycles. The minimum Gasteiger partial charge on any atom is -0.307 e. The van der Waals surface area contributed by atoms with Crippen molar-refractivity contribution in [3.05, 3.63) is 69.5 Å². The fourth-order valence-electron chi connectivity index (χ4n) is 3.61. The lowest BCUT2D eigenvalue weighted by molar-refractivity contribution is -0.116. The highest BCUT2D eigenvalue weighted by Crippen LogP contribution is 2.38. The number of hydrogen-bond acceptors (Lipinski definition) is 6. The number of benzene rings is 3. The zero-order valence-corrected chi connectivity index (χ0v) is 18.5. The number of fused-ring (bicyclic) bond motifs is 2. The topological polar surface area (TPSA) is 58.2 Å². The smallest absolute Gasteiger partial charge is 0.263 e. The SMILES string of the molecule is O=C1NC(=S)S/C1=C\c1c2ccccc2c(/C=C2\SC(=S)NC2=O)c2ccccc12. The molecular weight excluding hydrogens is 453 g/mol. The number of hydrogen-bond donors (Lipinski definition) is 2. The second kappa shape index (κ2) is 7.63. The molecule has 0 spiro atoms. The molecule has 0 radical (unpaired) electrons. The molecule has 2 amide bonds. The average molecular weight is 465 g/mol. The molecule has 0 unspecified atom stereocenters. The first-order valence-corrected chi connectivity index (χ1v) is 11.4. The van der Waals surface area contributed by atoms with E-state index < -0.39 is 0 Å². The van der Waals surface area contributed by atoms with E-state index in [1.165, 1.54) is 23.5 Å². The summed E-state index contributed by atoms with van der Waals surface area (Å²) in [6, 6.07) is 16.0. The maximum Gasteiger partial charge on any atom is 0.263 e. The highest BCUT2D eigenvalue weighted by Gasteiger charge is 2.25. The zero-order chi connectivity index (χ0) is 20.8. The van der Waals surface area contributed by atoms with Crippen molar-refractivity contribution in [2.75, 3.05) is 0 Å². The molecule has 2 fully saturated rings. The van der Waals surface area contributed by atoms with E-state index in [1.54, 1.807) is 0 Å². The molecule has 146 valence electrons. The van der Waals surface area contributed by atoms with Crippen LogP contribution in [0.5, 0.6) is 0 Å². The molecule has 0 saturated carbocycles. The molecule has 2 heterocycles. The molecule has 0 aromatic heterocycles. The molecule has 2 N–H and O–H groups in total. The Labute approximate surface area is 191 Å². The van der Waals surface area contributed by atoms with Crippen molar-refractivity contribution >= 4 is 102 Å². The van der Waals surface area contributed by atoms with Gasteiger partial charge in [-0.25, -0.2) is 0 Å². The first kappa shape index (κ1) is 19.4. The van der Waals surface area contributed by atoms with Crippen molar-refractivity contribution in [3.8, 4) is 0 Å². The van der Waals surface area contributed by atoms with Gasteiger partial charge in [-0.1, -0.05) is 96.5 Å². The van der Waals surface area contributed by atoms with E-state index >= 15 is 0 Å². The molecular formula is C22H12N2O2S4. The lowest BCUT2D eigenvalue weighted by Gasteiger charge is -2.13. The van der Waals surface area contributed by atoms with Crippen LogP contribution >= 0.6 is 48.0 Å². The number of amides is 2. The van der Waals surface area contributed by atoms with Crippen molar-refractivity contribution < 1.29 is 9.59 Å². The van der Waals surface area contributed by atoms with E-state index in [0.717, 1.165) is 32.7 Å². The number of thioether (sulfide) groups is 2. The van der Waals surface area contributed by atoms with Crippen LogP contribution in [0.2, 0.25) is 0 Å². The Morgan fingerprint density at radius 1 is 0.633 bits per heavy atom. The van der Waals surface area contributed by atoms with Gasteiger partial charge >= 0.3 is 0 Å². The van der Waals surface area contributed by atoms with E-state index in [0.29, 0.717) is 18.5 Å². The summed E-state index contributed by atoms with van der Waals surface area (Å²) in [7, 11) is 0. The van der Waals surface area contributed by atoms with Crippen LogP contribution in [0.4, 0.5) is 0 Å². The van der Waals surface area contributed by atoms with Gasteiger partial charge in [-0.2, -0.15) is 0 Å². The van der Waals surface area contributed by atoms with Gasteiger partial charge in [0.15, 0.2) is 0 Å². The van der Waals surface area contributed by atoms with Gasteiger partial charge in [0.25, 0.3) is 11.8 Å². The van der Waals surface area contributed by atoms with Gasteiger partial charge in [0.1, 0.15) is 8.64 Å². The first-order chi connectivity index (χ1) is 14.5. The predicted octanol–water partition coefficient (Wildman–Crippen LogP) is 4.97. The predicted molar refractivity (Wildman–Crippen MR) is 134 cm³/mol. The van der Waals surface area contributed by atoms with Crippen LogP contribution in [-0.2, 0) is 9.59 Å². The standard InChI is InChI=1S/C22H12N2O2S4/c25-19-17(29-21(27)23-19)9-15-11-5-1-2-6-12(11)16(14-8-4-3-7-13(14)15)10-18-20(26)24-22(28)30-18/h1-10H,(H,23,25,27)(H,24,26,28)/b17-9-,18-10-. The lowest BCUT2D eigenvalue weighted by Crippen LogP contribution is -2.17. The third kappa shape index (κ3) is 3.35. The highest BCUT2D eigenvalue weighted by atomic mass is 32.2. The average Bonchev–Trinajstić information content (AvgIpc) is 3.23. The minimum absolute atomic E-state index is 0.183. The van der Waals surface area contributed by atoms with Gasteiger partial charge < -0.3 is 10.6 Å². The van der Waals surface area contributed by atoms with Crippen LogP contribution in [0, 0.1) is 0 Å². The Bertz CT molecular complexity index is 1210. The van der Waals surface area contributed by atoms with Crippen molar-refractivity contribution in [3.63, 3.8) is 0 Å². The summed E-state index contributed by atoms with van der Waals surface area (Å²) in [6.07, 6.45) is 3.79. The number of thiocarbonyl (C=S) groups is 2. The lowest BCUT2D eigenvalue weighted by atomic mass is 9.91. The van der Waals surface area contributed by atoms with Crippen LogP contribution in [0.25, 0.3) is 33.7 Å². The fourth-order valence-corrected chi connectivity index (χ4v) is 5.66. The summed E-state index contributed by atoms with van der Waals surface area (Å²) in [5.41, 5.74) is 1.90. The molecule has 2 aliphatic heterocycles. The molecule has 5 rings (SSSR count). The van der Waals surface area contributed by atoms with E-state index in [-0.39, 0.29) is 11.8 Å². The van der Waals surface area contributed by atoms with Gasteiger partial charge in [-0.3, -0.25) is 9.59 Å². The number of carbonyl (C=O) groups is 2. The summed E-state index contributed by atoms with van der Waals surface area (Å²) in [4.78, 5) is 25.7. The Kier molecular flexibility index (Phi) is 4.94. The minimum atomic E-state index is -0.183. The number of nitrogens with one attached hydrogen (secondary N) is 2. The van der Waals surface area contributed by atoms with Gasteiger partial charge in [-0.05, 0) is 44.8 Å². The molecule has 0 atom stereocenters. The Morgan fingerprint density at radius 2 is 0.967 bits per heavy atom. The largest absolute Gasteiger partial charge is 0.307 e. The Hall–Kier alpha value is -2.52. The summed E-state index contributed by atoms with van der Waals surface area (Å²) in [5, 5.41) is 9.31. The van der Waals surface area contributed by atoms with Crippen molar-refractivity contribution in [1.29, 1.82) is 0 Å². The molecule has 2 aliphatic rings. The Balaban J connectivity index is 1.84. The van der Waals surface area contributed by atoms with Crippen LogP contribution < -0.4 is 10.6 Å². The maximum absolute atomic E-state index is 12.3. The van der Waals surface area contributed by atoms with Crippen LogP contribution in [0.1, 0.15) is 11.1 Å². The molecule has 8 heteroatoms. The normalized spacial score (nSPS) is 19.3. The molecule has 0 aliphatic carbocycles. The molecule has 0 bridgehead atoms. The Morgan fingerprint density at radius 3 is 1.23 bits per heavy atom. The van der Waals surface area contributed by atoms with Crippen LogP contribution in [0.15, 0.2) is 58.3 Å². The third-order valence-electron chi connectivity index (χ3n) is 4.85. The van der Waals surface area contributed by atoms with Gasteiger partial charge in [0.05, 0.1) is 9.81 Å². The van der Waals surface area contributed by atoms with Gasteiger partial charge in [0.2, 0.25) is 0 Å². The second-order valence-corrected chi connectivity index (χ2v) is 10.1. The van der Waals surface area contributed by atoms with Crippen LogP contribution in [-0.4, -0.2) is 20.5 Å². The summed E-state index contributed by atoms with van der Waals surface area (Å²) in [5.74, 6) is -0.367. The van der Waals surface area contributed by atoms with Crippen molar-refractivity contribution in [2.24, 2.45) is 0 Å². The maximum atomic E-state index is 12.3. The third-order valence-corrected chi connectivity index (χ3v) is 7.18. The van der Waals surface area contributed by atoms with Gasteiger partial charge in [0, 0.05) is 0 Å². The quantitative estimate of drug-likeness (QED) is 0.317. The first-order valence-electron chi connectivity index (χ1n) is 8.94. The number of carbonyl (C=O) groups excluding carboxylic acids is 2. The molecule has 30 heavy (non-hydrogen) atoms. The summed E-state index contributed by atoms with van der Waals surface area (Å²) in [6.45, 7) is 0. The summed E-state index contributed by atoms with van der Waals surface area (Å²) < 4.78 is 0.919. The highest BCUT2D eigenvalue weighted by molar-refractivity contribution is 8.27. The second-order valence-electron chi connectivity index (χ2n) is 6.62. The van der Waals surface area contributed by atoms with Crippen LogP contribution in [0.3, 0.4) is 0 Å².